The van der Waals surface area contributed by atoms with E-state index < -0.39 is 6.04 Å². The van der Waals surface area contributed by atoms with Crippen LogP contribution in [0.3, 0.4) is 0 Å². The summed E-state index contributed by atoms with van der Waals surface area (Å²) in [7, 11) is 0. The average molecular weight is 334 g/mol. The summed E-state index contributed by atoms with van der Waals surface area (Å²) in [5.74, 6) is -0.328. The maximum atomic E-state index is 12.8. The molecule has 1 saturated heterocycles. The normalized spacial score (nSPS) is 17.7. The lowest BCUT2D eigenvalue weighted by Crippen LogP contribution is -2.52. The van der Waals surface area contributed by atoms with Gasteiger partial charge in [-0.1, -0.05) is 12.1 Å². The fourth-order valence-corrected chi connectivity index (χ4v) is 3.29. The molecule has 4 rings (SSSR count). The van der Waals surface area contributed by atoms with Gasteiger partial charge in [-0.2, -0.15) is 0 Å². The van der Waals surface area contributed by atoms with E-state index in [1.54, 1.807) is 35.6 Å². The van der Waals surface area contributed by atoms with Gasteiger partial charge in [0.2, 0.25) is 5.91 Å². The van der Waals surface area contributed by atoms with Crippen LogP contribution in [-0.4, -0.2) is 34.4 Å². The van der Waals surface area contributed by atoms with Gasteiger partial charge in [0.1, 0.15) is 6.04 Å². The van der Waals surface area contributed by atoms with Gasteiger partial charge in [0.15, 0.2) is 0 Å². The van der Waals surface area contributed by atoms with E-state index >= 15 is 0 Å². The molecule has 0 spiro atoms. The molecule has 0 saturated carbocycles. The Kier molecular flexibility index (Phi) is 3.93. The molecule has 0 radical (unpaired) electrons. The van der Waals surface area contributed by atoms with Crippen molar-refractivity contribution in [2.24, 2.45) is 0 Å². The van der Waals surface area contributed by atoms with E-state index in [4.69, 9.17) is 0 Å². The number of benzene rings is 1. The number of pyridine rings is 1. The number of rotatable bonds is 3. The Hall–Kier alpha value is -3.15. The third-order valence-corrected chi connectivity index (χ3v) is 4.53. The number of fused-ring (bicyclic) bond motifs is 1. The quantitative estimate of drug-likeness (QED) is 0.772. The first-order valence-corrected chi connectivity index (χ1v) is 8.32. The minimum atomic E-state index is -0.522. The lowest BCUT2D eigenvalue weighted by molar-refractivity contribution is -0.121. The fourth-order valence-electron chi connectivity index (χ4n) is 3.29. The van der Waals surface area contributed by atoms with Gasteiger partial charge in [0, 0.05) is 24.3 Å². The number of carbonyl (C=O) groups is 2. The van der Waals surface area contributed by atoms with Crippen molar-refractivity contribution in [3.05, 3.63) is 60.6 Å². The molecule has 25 heavy (non-hydrogen) atoms. The number of hydrogen-bond acceptors (Lipinski definition) is 3. The number of H-pyrrole nitrogens is 1. The van der Waals surface area contributed by atoms with E-state index in [0.717, 1.165) is 23.0 Å². The van der Waals surface area contributed by atoms with E-state index in [2.05, 4.69) is 15.3 Å². The van der Waals surface area contributed by atoms with Gasteiger partial charge in [-0.25, -0.2) is 0 Å². The molecule has 0 unspecified atom stereocenters. The number of amides is 2. The molecule has 1 aromatic carbocycles. The molecule has 6 heteroatoms. The van der Waals surface area contributed by atoms with Crippen LogP contribution in [0.15, 0.2) is 55.0 Å². The van der Waals surface area contributed by atoms with Gasteiger partial charge in [-0.05, 0) is 37.1 Å². The van der Waals surface area contributed by atoms with Crippen molar-refractivity contribution in [2.45, 2.75) is 18.9 Å². The number of nitrogens with zero attached hydrogens (tertiary/aromatic N) is 2. The zero-order chi connectivity index (χ0) is 17.2. The lowest BCUT2D eigenvalue weighted by Gasteiger charge is -2.32. The Balaban J connectivity index is 1.55. The average Bonchev–Trinajstić information content (AvgIpc) is 3.13. The van der Waals surface area contributed by atoms with Crippen molar-refractivity contribution < 1.29 is 9.59 Å². The second kappa shape index (κ2) is 6.39. The van der Waals surface area contributed by atoms with Crippen LogP contribution in [0.2, 0.25) is 0 Å². The smallest absolute Gasteiger partial charge is 0.254 e. The van der Waals surface area contributed by atoms with E-state index in [1.165, 1.54) is 0 Å². The van der Waals surface area contributed by atoms with Crippen molar-refractivity contribution in [3.8, 4) is 0 Å². The van der Waals surface area contributed by atoms with Gasteiger partial charge >= 0.3 is 0 Å². The minimum absolute atomic E-state index is 0.0914. The van der Waals surface area contributed by atoms with Crippen LogP contribution < -0.4 is 10.2 Å². The van der Waals surface area contributed by atoms with Gasteiger partial charge in [0.25, 0.3) is 5.91 Å². The summed E-state index contributed by atoms with van der Waals surface area (Å²) < 4.78 is 0. The molecular formula is C19H18N4O2. The largest absolute Gasteiger partial charge is 0.361 e. The van der Waals surface area contributed by atoms with Crippen molar-refractivity contribution in [3.63, 3.8) is 0 Å². The molecule has 6 nitrogen and oxygen atoms in total. The number of piperidine rings is 1. The Bertz CT molecular complexity index is 919. The maximum absolute atomic E-state index is 12.8. The maximum Gasteiger partial charge on any atom is 0.254 e. The third kappa shape index (κ3) is 2.87. The number of anilines is 1. The first-order valence-electron chi connectivity index (χ1n) is 8.32. The number of nitrogens with one attached hydrogen (secondary N) is 2. The molecular weight excluding hydrogens is 316 g/mol. The highest BCUT2D eigenvalue weighted by atomic mass is 16.2. The van der Waals surface area contributed by atoms with Crippen LogP contribution in [0.5, 0.6) is 0 Å². The van der Waals surface area contributed by atoms with Crippen LogP contribution in [0.1, 0.15) is 23.2 Å². The fraction of sp³-hybridized carbons (Fsp3) is 0.211. The van der Waals surface area contributed by atoms with Crippen molar-refractivity contribution in [2.75, 3.05) is 11.4 Å². The van der Waals surface area contributed by atoms with Crippen molar-refractivity contribution >= 4 is 28.4 Å². The van der Waals surface area contributed by atoms with E-state index in [1.807, 2.05) is 24.3 Å². The predicted molar refractivity (Wildman–Crippen MR) is 95.4 cm³/mol. The number of hydrogen-bond donors (Lipinski definition) is 2. The summed E-state index contributed by atoms with van der Waals surface area (Å²) in [5, 5.41) is 3.87. The van der Waals surface area contributed by atoms with Gasteiger partial charge in [-0.15, -0.1) is 0 Å². The Labute approximate surface area is 144 Å². The summed E-state index contributed by atoms with van der Waals surface area (Å²) in [6, 6.07) is 10.6. The van der Waals surface area contributed by atoms with Crippen LogP contribution >= 0.6 is 0 Å². The number of aromatic amines is 1. The summed E-state index contributed by atoms with van der Waals surface area (Å²) in [6.07, 6.45) is 6.62. The standard InChI is InChI=1S/C19H18N4O2/c24-18(15-6-1-4-13-8-10-21-17(13)15)22-16-7-3-11-23(19(16)25)14-5-2-9-20-12-14/h1-2,4-6,8-10,12,16,21H,3,7,11H2,(H,22,24)/t16-/m1/s1. The monoisotopic (exact) mass is 334 g/mol. The van der Waals surface area contributed by atoms with Gasteiger partial charge < -0.3 is 15.2 Å². The van der Waals surface area contributed by atoms with Crippen molar-refractivity contribution in [1.82, 2.24) is 15.3 Å². The first-order chi connectivity index (χ1) is 12.2. The molecule has 0 aliphatic carbocycles. The topological polar surface area (TPSA) is 78.1 Å². The molecule has 2 aromatic heterocycles. The number of aromatic nitrogens is 2. The van der Waals surface area contributed by atoms with Crippen LogP contribution in [-0.2, 0) is 4.79 Å². The lowest BCUT2D eigenvalue weighted by atomic mass is 10.0. The number of para-hydroxylation sites is 1. The first kappa shape index (κ1) is 15.4. The second-order valence-corrected chi connectivity index (χ2v) is 6.12. The minimum Gasteiger partial charge on any atom is -0.361 e. The highest BCUT2D eigenvalue weighted by molar-refractivity contribution is 6.08. The SMILES string of the molecule is O=C(N[C@@H]1CCCN(c2cccnc2)C1=O)c1cccc2cc[nH]c12. The summed E-state index contributed by atoms with van der Waals surface area (Å²) in [5.41, 5.74) is 2.10. The zero-order valence-corrected chi connectivity index (χ0v) is 13.6. The summed E-state index contributed by atoms with van der Waals surface area (Å²) >= 11 is 0. The van der Waals surface area contributed by atoms with E-state index in [9.17, 15) is 9.59 Å². The highest BCUT2D eigenvalue weighted by Crippen LogP contribution is 2.21. The molecule has 3 heterocycles. The second-order valence-electron chi connectivity index (χ2n) is 6.12. The summed E-state index contributed by atoms with van der Waals surface area (Å²) in [4.78, 5) is 34.3. The molecule has 0 bridgehead atoms. The highest BCUT2D eigenvalue weighted by Gasteiger charge is 2.31. The third-order valence-electron chi connectivity index (χ3n) is 4.53. The van der Waals surface area contributed by atoms with Gasteiger partial charge in [-0.3, -0.25) is 14.6 Å². The molecule has 1 aliphatic heterocycles. The van der Waals surface area contributed by atoms with Gasteiger partial charge in [0.05, 0.1) is 23.0 Å². The van der Waals surface area contributed by atoms with Crippen LogP contribution in [0.4, 0.5) is 5.69 Å². The Morgan fingerprint density at radius 3 is 3.00 bits per heavy atom. The van der Waals surface area contributed by atoms with Crippen LogP contribution in [0.25, 0.3) is 10.9 Å². The van der Waals surface area contributed by atoms with E-state index in [0.29, 0.717) is 18.5 Å². The number of carbonyl (C=O) groups excluding carboxylic acids is 2. The Morgan fingerprint density at radius 1 is 1.24 bits per heavy atom. The molecule has 3 aromatic rings. The molecule has 1 fully saturated rings. The molecule has 2 N–H and O–H groups in total. The molecule has 1 atom stereocenters. The van der Waals surface area contributed by atoms with E-state index in [-0.39, 0.29) is 11.8 Å². The molecule has 1 aliphatic rings. The predicted octanol–water partition coefficient (Wildman–Crippen LogP) is 2.49. The summed E-state index contributed by atoms with van der Waals surface area (Å²) in [6.45, 7) is 0.642. The molecule has 126 valence electrons. The zero-order valence-electron chi connectivity index (χ0n) is 13.6. The Morgan fingerprint density at radius 2 is 2.16 bits per heavy atom. The van der Waals surface area contributed by atoms with Crippen LogP contribution in [0, 0.1) is 0 Å². The molecule has 2 amide bonds. The van der Waals surface area contributed by atoms with Crippen molar-refractivity contribution in [1.29, 1.82) is 0 Å².